The van der Waals surface area contributed by atoms with Crippen LogP contribution in [-0.4, -0.2) is 51.0 Å². The van der Waals surface area contributed by atoms with Crippen molar-refractivity contribution in [3.63, 3.8) is 0 Å². The fourth-order valence-corrected chi connectivity index (χ4v) is 2.02. The van der Waals surface area contributed by atoms with Crippen molar-refractivity contribution in [3.8, 4) is 0 Å². The van der Waals surface area contributed by atoms with E-state index in [1.807, 2.05) is 20.2 Å². The Hall–Kier alpha value is -1.62. The third-order valence-electron chi connectivity index (χ3n) is 3.01. The highest BCUT2D eigenvalue weighted by atomic mass is 19.1. The summed E-state index contributed by atoms with van der Waals surface area (Å²) in [5.41, 5.74) is 1.37. The van der Waals surface area contributed by atoms with Crippen LogP contribution in [0.3, 0.4) is 0 Å². The summed E-state index contributed by atoms with van der Waals surface area (Å²) in [7, 11) is 4.06. The van der Waals surface area contributed by atoms with E-state index in [9.17, 15) is 4.39 Å². The van der Waals surface area contributed by atoms with E-state index in [4.69, 9.17) is 0 Å². The predicted molar refractivity (Wildman–Crippen MR) is 77.5 cm³/mol. The molecule has 2 N–H and O–H groups in total. The first kappa shape index (κ1) is 13.8. The number of hydrogen-bond donors (Lipinski definition) is 2. The van der Waals surface area contributed by atoms with E-state index in [0.717, 1.165) is 44.0 Å². The smallest absolute Gasteiger partial charge is 0.147 e. The highest BCUT2D eigenvalue weighted by Crippen LogP contribution is 2.16. The van der Waals surface area contributed by atoms with Crippen molar-refractivity contribution >= 4 is 11.5 Å². The molecule has 1 aromatic carbocycles. The van der Waals surface area contributed by atoms with Crippen LogP contribution in [-0.2, 0) is 0 Å². The van der Waals surface area contributed by atoms with E-state index in [-0.39, 0.29) is 5.82 Å². The van der Waals surface area contributed by atoms with Crippen molar-refractivity contribution in [2.24, 2.45) is 4.99 Å². The summed E-state index contributed by atoms with van der Waals surface area (Å²) in [6.45, 7) is 3.37. The van der Waals surface area contributed by atoms with E-state index in [0.29, 0.717) is 5.69 Å². The van der Waals surface area contributed by atoms with Crippen molar-refractivity contribution in [3.05, 3.63) is 29.6 Å². The molecule has 1 heterocycles. The molecule has 1 aliphatic heterocycles. The average Bonchev–Trinajstić information content (AvgIpc) is 2.89. The number of hydrogen-bond acceptors (Lipinski definition) is 4. The SMILES string of the molecule is CN(C)CCCNc1ccc(C2=NCCN2)cc1F. The van der Waals surface area contributed by atoms with E-state index < -0.39 is 0 Å². The van der Waals surface area contributed by atoms with Gasteiger partial charge in [-0.15, -0.1) is 0 Å². The minimum Gasteiger partial charge on any atom is -0.383 e. The molecular weight excluding hydrogens is 243 g/mol. The third kappa shape index (κ3) is 3.92. The maximum Gasteiger partial charge on any atom is 0.147 e. The number of aliphatic imine (C=N–C) groups is 1. The Kier molecular flexibility index (Phi) is 4.74. The zero-order valence-corrected chi connectivity index (χ0v) is 11.5. The van der Waals surface area contributed by atoms with Crippen molar-refractivity contribution in [1.29, 1.82) is 0 Å². The second-order valence-electron chi connectivity index (χ2n) is 4.94. The van der Waals surface area contributed by atoms with Crippen LogP contribution in [0.1, 0.15) is 12.0 Å². The summed E-state index contributed by atoms with van der Waals surface area (Å²) in [6, 6.07) is 5.21. The molecule has 0 atom stereocenters. The van der Waals surface area contributed by atoms with Crippen molar-refractivity contribution < 1.29 is 4.39 Å². The lowest BCUT2D eigenvalue weighted by Crippen LogP contribution is -2.20. The van der Waals surface area contributed by atoms with Gasteiger partial charge < -0.3 is 15.5 Å². The van der Waals surface area contributed by atoms with Gasteiger partial charge in [-0.2, -0.15) is 0 Å². The number of amidine groups is 1. The van der Waals surface area contributed by atoms with Gasteiger partial charge in [-0.25, -0.2) is 4.39 Å². The van der Waals surface area contributed by atoms with Gasteiger partial charge >= 0.3 is 0 Å². The number of rotatable bonds is 6. The summed E-state index contributed by atoms with van der Waals surface area (Å²) >= 11 is 0. The quantitative estimate of drug-likeness (QED) is 0.766. The lowest BCUT2D eigenvalue weighted by Gasteiger charge is -2.12. The molecule has 0 radical (unpaired) electrons. The third-order valence-corrected chi connectivity index (χ3v) is 3.01. The first-order valence-electron chi connectivity index (χ1n) is 6.63. The highest BCUT2D eigenvalue weighted by molar-refractivity contribution is 6.00. The van der Waals surface area contributed by atoms with Crippen LogP contribution in [0.4, 0.5) is 10.1 Å². The first-order chi connectivity index (χ1) is 9.16. The number of benzene rings is 1. The fraction of sp³-hybridized carbons (Fsp3) is 0.500. The van der Waals surface area contributed by atoms with Gasteiger partial charge in [0.2, 0.25) is 0 Å². The Balaban J connectivity index is 1.91. The van der Waals surface area contributed by atoms with Gasteiger partial charge in [-0.3, -0.25) is 4.99 Å². The van der Waals surface area contributed by atoms with Crippen molar-refractivity contribution in [1.82, 2.24) is 10.2 Å². The summed E-state index contributed by atoms with van der Waals surface area (Å²) in [4.78, 5) is 6.40. The second-order valence-corrected chi connectivity index (χ2v) is 4.94. The van der Waals surface area contributed by atoms with Crippen LogP contribution >= 0.6 is 0 Å². The summed E-state index contributed by atoms with van der Waals surface area (Å²) in [5, 5.41) is 6.27. The molecule has 5 heteroatoms. The Morgan fingerprint density at radius 1 is 1.42 bits per heavy atom. The van der Waals surface area contributed by atoms with Crippen LogP contribution in [0.2, 0.25) is 0 Å². The molecule has 104 valence electrons. The Bertz CT molecular complexity index is 457. The Morgan fingerprint density at radius 3 is 2.89 bits per heavy atom. The molecule has 0 fully saturated rings. The normalized spacial score (nSPS) is 14.4. The summed E-state index contributed by atoms with van der Waals surface area (Å²) < 4.78 is 13.9. The molecule has 1 aliphatic rings. The van der Waals surface area contributed by atoms with E-state index in [1.54, 1.807) is 6.07 Å². The van der Waals surface area contributed by atoms with E-state index in [2.05, 4.69) is 20.5 Å². The van der Waals surface area contributed by atoms with Crippen LogP contribution in [0.15, 0.2) is 23.2 Å². The van der Waals surface area contributed by atoms with Gasteiger partial charge in [0, 0.05) is 18.7 Å². The van der Waals surface area contributed by atoms with Gasteiger partial charge in [0.15, 0.2) is 0 Å². The summed E-state index contributed by atoms with van der Waals surface area (Å²) in [5.74, 6) is 0.566. The standard InChI is InChI=1S/C14H21FN4/c1-19(2)9-3-6-16-13-5-4-11(10-12(13)15)14-17-7-8-18-14/h4-5,10,16H,3,6-9H2,1-2H3,(H,17,18). The van der Waals surface area contributed by atoms with Crippen LogP contribution in [0.25, 0.3) is 0 Å². The highest BCUT2D eigenvalue weighted by Gasteiger charge is 2.10. The Labute approximate surface area is 113 Å². The molecular formula is C14H21FN4. The molecule has 0 bridgehead atoms. The van der Waals surface area contributed by atoms with Gasteiger partial charge in [-0.05, 0) is 45.3 Å². The zero-order valence-electron chi connectivity index (χ0n) is 11.5. The zero-order chi connectivity index (χ0) is 13.7. The maximum atomic E-state index is 13.9. The maximum absolute atomic E-state index is 13.9. The van der Waals surface area contributed by atoms with E-state index >= 15 is 0 Å². The molecule has 0 aromatic heterocycles. The fourth-order valence-electron chi connectivity index (χ4n) is 2.02. The lowest BCUT2D eigenvalue weighted by atomic mass is 10.1. The minimum atomic E-state index is -0.223. The summed E-state index contributed by atoms with van der Waals surface area (Å²) in [6.07, 6.45) is 0.989. The molecule has 1 aromatic rings. The second kappa shape index (κ2) is 6.52. The van der Waals surface area contributed by atoms with Gasteiger partial charge in [0.25, 0.3) is 0 Å². The van der Waals surface area contributed by atoms with Crippen LogP contribution < -0.4 is 10.6 Å². The number of nitrogens with zero attached hydrogens (tertiary/aromatic N) is 2. The molecule has 2 rings (SSSR count). The molecule has 0 saturated heterocycles. The van der Waals surface area contributed by atoms with Gasteiger partial charge in [0.1, 0.15) is 11.7 Å². The molecule has 0 aliphatic carbocycles. The number of halogens is 1. The number of nitrogens with one attached hydrogen (secondary N) is 2. The molecule has 4 nitrogen and oxygen atoms in total. The molecule has 0 unspecified atom stereocenters. The van der Waals surface area contributed by atoms with Crippen LogP contribution in [0.5, 0.6) is 0 Å². The monoisotopic (exact) mass is 264 g/mol. The van der Waals surface area contributed by atoms with E-state index in [1.165, 1.54) is 6.07 Å². The molecule has 0 saturated carbocycles. The van der Waals surface area contributed by atoms with Gasteiger partial charge in [0.05, 0.1) is 12.2 Å². The minimum absolute atomic E-state index is 0.223. The predicted octanol–water partition coefficient (Wildman–Crippen LogP) is 1.54. The molecule has 19 heavy (non-hydrogen) atoms. The number of anilines is 1. The van der Waals surface area contributed by atoms with Crippen LogP contribution in [0, 0.1) is 5.82 Å². The van der Waals surface area contributed by atoms with Gasteiger partial charge in [-0.1, -0.05) is 0 Å². The van der Waals surface area contributed by atoms with Crippen molar-refractivity contribution in [2.75, 3.05) is 45.6 Å². The average molecular weight is 264 g/mol. The molecule has 0 amide bonds. The molecule has 0 spiro atoms. The lowest BCUT2D eigenvalue weighted by molar-refractivity contribution is 0.405. The Morgan fingerprint density at radius 2 is 2.26 bits per heavy atom. The van der Waals surface area contributed by atoms with Crippen molar-refractivity contribution in [2.45, 2.75) is 6.42 Å². The largest absolute Gasteiger partial charge is 0.383 e. The first-order valence-corrected chi connectivity index (χ1v) is 6.63. The topological polar surface area (TPSA) is 39.7 Å².